The van der Waals surface area contributed by atoms with Crippen LogP contribution in [0.2, 0.25) is 0 Å². The van der Waals surface area contributed by atoms with Crippen LogP contribution in [0, 0.1) is 6.92 Å². The van der Waals surface area contributed by atoms with Crippen LogP contribution in [0.5, 0.6) is 0 Å². The fourth-order valence-corrected chi connectivity index (χ4v) is 1.56. The lowest BCUT2D eigenvalue weighted by atomic mass is 10.2. The van der Waals surface area contributed by atoms with Gasteiger partial charge in [0.25, 0.3) is 0 Å². The first-order valence-electron chi connectivity index (χ1n) is 4.71. The summed E-state index contributed by atoms with van der Waals surface area (Å²) in [5, 5.41) is 8.24. The van der Waals surface area contributed by atoms with Crippen LogP contribution in [0.25, 0.3) is 5.65 Å². The number of rotatable bonds is 1. The quantitative estimate of drug-likeness (QED) is 0.745. The Morgan fingerprint density at radius 3 is 2.64 bits per heavy atom. The van der Waals surface area contributed by atoms with Crippen molar-refractivity contribution in [3.63, 3.8) is 0 Å². The third-order valence-electron chi connectivity index (χ3n) is 2.32. The van der Waals surface area contributed by atoms with Crippen LogP contribution in [0.4, 0.5) is 5.69 Å². The van der Waals surface area contributed by atoms with Crippen molar-refractivity contribution >= 4 is 11.3 Å². The predicted molar refractivity (Wildman–Crippen MR) is 56.2 cm³/mol. The molecule has 0 saturated carbocycles. The maximum atomic E-state index is 5.82. The number of fused-ring (bicyclic) bond motifs is 1. The zero-order valence-electron chi connectivity index (χ0n) is 8.65. The molecule has 0 aliphatic heterocycles. The lowest BCUT2D eigenvalue weighted by molar-refractivity contribution is 0.752. The molecule has 0 unspecified atom stereocenters. The lowest BCUT2D eigenvalue weighted by Gasteiger charge is -2.06. The number of nitrogen functional groups attached to an aromatic ring is 1. The van der Waals surface area contributed by atoms with E-state index in [0.717, 1.165) is 17.2 Å². The first-order valence-corrected chi connectivity index (χ1v) is 4.71. The molecule has 0 aromatic carbocycles. The number of hydrogen-bond donors (Lipinski definition) is 1. The molecular formula is C10H14N4. The topological polar surface area (TPSA) is 56.2 Å². The van der Waals surface area contributed by atoms with Crippen LogP contribution >= 0.6 is 0 Å². The zero-order chi connectivity index (χ0) is 10.3. The van der Waals surface area contributed by atoms with Crippen LogP contribution in [0.1, 0.15) is 31.3 Å². The average molecular weight is 190 g/mol. The van der Waals surface area contributed by atoms with Crippen molar-refractivity contribution in [2.24, 2.45) is 0 Å². The van der Waals surface area contributed by atoms with Gasteiger partial charge in [-0.2, -0.15) is 0 Å². The van der Waals surface area contributed by atoms with E-state index in [1.54, 1.807) is 0 Å². The van der Waals surface area contributed by atoms with Gasteiger partial charge in [0, 0.05) is 11.6 Å². The highest BCUT2D eigenvalue weighted by molar-refractivity contribution is 5.64. The number of nitrogens with two attached hydrogens (primary N) is 1. The van der Waals surface area contributed by atoms with Crippen LogP contribution < -0.4 is 5.73 Å². The van der Waals surface area contributed by atoms with Gasteiger partial charge < -0.3 is 5.73 Å². The summed E-state index contributed by atoms with van der Waals surface area (Å²) in [6.45, 7) is 6.22. The van der Waals surface area contributed by atoms with E-state index < -0.39 is 0 Å². The van der Waals surface area contributed by atoms with Gasteiger partial charge in [0.05, 0.1) is 5.69 Å². The van der Waals surface area contributed by atoms with Crippen molar-refractivity contribution in [1.29, 1.82) is 0 Å². The van der Waals surface area contributed by atoms with E-state index in [0.29, 0.717) is 11.6 Å². The highest BCUT2D eigenvalue weighted by Crippen LogP contribution is 2.19. The smallest absolute Gasteiger partial charge is 0.184 e. The Morgan fingerprint density at radius 1 is 1.29 bits per heavy atom. The van der Waals surface area contributed by atoms with Crippen molar-refractivity contribution in [3.8, 4) is 0 Å². The number of pyridine rings is 1. The molecule has 2 aromatic heterocycles. The van der Waals surface area contributed by atoms with Crippen LogP contribution in [-0.2, 0) is 0 Å². The maximum absolute atomic E-state index is 5.82. The molecule has 2 aromatic rings. The molecule has 0 aliphatic rings. The second-order valence-electron chi connectivity index (χ2n) is 3.80. The van der Waals surface area contributed by atoms with E-state index in [1.807, 2.05) is 23.5 Å². The second-order valence-corrected chi connectivity index (χ2v) is 3.80. The Labute approximate surface area is 82.8 Å². The Hall–Kier alpha value is -1.58. The molecule has 0 fully saturated rings. The van der Waals surface area contributed by atoms with Gasteiger partial charge in [-0.1, -0.05) is 13.8 Å². The maximum Gasteiger partial charge on any atom is 0.184 e. The normalized spacial score (nSPS) is 11.4. The van der Waals surface area contributed by atoms with Gasteiger partial charge in [0.1, 0.15) is 5.82 Å². The summed E-state index contributed by atoms with van der Waals surface area (Å²) in [5.74, 6) is 1.32. The van der Waals surface area contributed by atoms with Gasteiger partial charge in [-0.05, 0) is 19.1 Å². The molecule has 0 radical (unpaired) electrons. The van der Waals surface area contributed by atoms with Crippen molar-refractivity contribution < 1.29 is 0 Å². The Kier molecular flexibility index (Phi) is 1.91. The van der Waals surface area contributed by atoms with Gasteiger partial charge in [0.15, 0.2) is 5.65 Å². The van der Waals surface area contributed by atoms with E-state index in [9.17, 15) is 0 Å². The van der Waals surface area contributed by atoms with E-state index in [2.05, 4.69) is 24.0 Å². The highest BCUT2D eigenvalue weighted by atomic mass is 15.3. The molecule has 0 saturated heterocycles. The molecule has 0 spiro atoms. The first-order chi connectivity index (χ1) is 6.61. The van der Waals surface area contributed by atoms with Gasteiger partial charge in [0.2, 0.25) is 0 Å². The minimum atomic E-state index is 0.352. The van der Waals surface area contributed by atoms with Gasteiger partial charge in [-0.25, -0.2) is 0 Å². The van der Waals surface area contributed by atoms with E-state index in [4.69, 9.17) is 5.73 Å². The van der Waals surface area contributed by atoms with E-state index in [-0.39, 0.29) is 0 Å². The zero-order valence-corrected chi connectivity index (χ0v) is 8.65. The van der Waals surface area contributed by atoms with Gasteiger partial charge >= 0.3 is 0 Å². The summed E-state index contributed by atoms with van der Waals surface area (Å²) in [5.41, 5.74) is 8.36. The lowest BCUT2D eigenvalue weighted by Crippen LogP contribution is -2.01. The van der Waals surface area contributed by atoms with E-state index >= 15 is 0 Å². The van der Waals surface area contributed by atoms with Gasteiger partial charge in [-0.3, -0.25) is 4.40 Å². The number of aryl methyl sites for hydroxylation is 1. The molecule has 2 heterocycles. The molecule has 74 valence electrons. The molecule has 2 rings (SSSR count). The summed E-state index contributed by atoms with van der Waals surface area (Å²) in [4.78, 5) is 0. The average Bonchev–Trinajstić information content (AvgIpc) is 2.56. The molecule has 0 bridgehead atoms. The monoisotopic (exact) mass is 190 g/mol. The van der Waals surface area contributed by atoms with Crippen LogP contribution in [0.3, 0.4) is 0 Å². The summed E-state index contributed by atoms with van der Waals surface area (Å²) in [6.07, 6.45) is 0. The molecule has 0 amide bonds. The Morgan fingerprint density at radius 2 is 2.00 bits per heavy atom. The molecule has 4 nitrogen and oxygen atoms in total. The number of nitrogens with zero attached hydrogens (tertiary/aromatic N) is 3. The highest BCUT2D eigenvalue weighted by Gasteiger charge is 2.12. The fourth-order valence-electron chi connectivity index (χ4n) is 1.56. The summed E-state index contributed by atoms with van der Waals surface area (Å²) in [7, 11) is 0. The molecule has 0 aliphatic carbocycles. The standard InChI is InChI=1S/C10H14N4/c1-6(2)9-12-13-10-8(11)5-4-7(3)14(9)10/h4-6H,11H2,1-3H3. The summed E-state index contributed by atoms with van der Waals surface area (Å²) < 4.78 is 2.01. The van der Waals surface area contributed by atoms with Crippen LogP contribution in [-0.4, -0.2) is 14.6 Å². The molecule has 2 N–H and O–H groups in total. The third-order valence-corrected chi connectivity index (χ3v) is 2.32. The number of anilines is 1. The van der Waals surface area contributed by atoms with Gasteiger partial charge in [-0.15, -0.1) is 10.2 Å². The van der Waals surface area contributed by atoms with Crippen molar-refractivity contribution in [1.82, 2.24) is 14.6 Å². The third kappa shape index (κ3) is 1.14. The van der Waals surface area contributed by atoms with Crippen molar-refractivity contribution in [3.05, 3.63) is 23.7 Å². The Bertz CT molecular complexity index is 470. The second kappa shape index (κ2) is 2.97. The summed E-state index contributed by atoms with van der Waals surface area (Å²) >= 11 is 0. The van der Waals surface area contributed by atoms with Crippen molar-refractivity contribution in [2.75, 3.05) is 5.73 Å². The van der Waals surface area contributed by atoms with Crippen molar-refractivity contribution in [2.45, 2.75) is 26.7 Å². The van der Waals surface area contributed by atoms with Crippen LogP contribution in [0.15, 0.2) is 12.1 Å². The fraction of sp³-hybridized carbons (Fsp3) is 0.400. The number of aromatic nitrogens is 3. The minimum absolute atomic E-state index is 0.352. The molecule has 0 atom stereocenters. The molecule has 4 heteroatoms. The van der Waals surface area contributed by atoms with E-state index in [1.165, 1.54) is 0 Å². The first kappa shape index (κ1) is 8.99. The SMILES string of the molecule is Cc1ccc(N)c2nnc(C(C)C)n12. The Balaban J connectivity index is 2.84. The number of hydrogen-bond acceptors (Lipinski definition) is 3. The largest absolute Gasteiger partial charge is 0.396 e. The minimum Gasteiger partial charge on any atom is -0.396 e. The summed E-state index contributed by atoms with van der Waals surface area (Å²) in [6, 6.07) is 3.85. The predicted octanol–water partition coefficient (Wildman–Crippen LogP) is 1.74. The molecular weight excluding hydrogens is 176 g/mol. The molecule has 14 heavy (non-hydrogen) atoms.